The molecule has 0 heterocycles. The fourth-order valence-electron chi connectivity index (χ4n) is 0.775. The van der Waals surface area contributed by atoms with Crippen molar-refractivity contribution in [1.82, 2.24) is 0 Å². The lowest BCUT2D eigenvalue weighted by atomic mass is 10.3. The summed E-state index contributed by atoms with van der Waals surface area (Å²) in [7, 11) is 0. The molecule has 8 heteroatoms. The highest BCUT2D eigenvalue weighted by Crippen LogP contribution is 1.89. The van der Waals surface area contributed by atoms with Crippen LogP contribution in [0.5, 0.6) is 0 Å². The molecule has 0 saturated heterocycles. The van der Waals surface area contributed by atoms with E-state index in [9.17, 15) is 4.79 Å². The molecule has 0 amide bonds. The van der Waals surface area contributed by atoms with Crippen LogP contribution in [0.15, 0.2) is 12.2 Å². The Hall–Kier alpha value is -1.03. The van der Waals surface area contributed by atoms with Crippen LogP contribution in [-0.4, -0.2) is 60.6 Å². The minimum atomic E-state index is -1.10. The van der Waals surface area contributed by atoms with Crippen molar-refractivity contribution in [1.29, 1.82) is 0 Å². The van der Waals surface area contributed by atoms with Gasteiger partial charge in [0.25, 0.3) is 0 Å². The maximum atomic E-state index is 9.60. The first-order valence-electron chi connectivity index (χ1n) is 7.93. The molecule has 0 rings (SSSR count). The highest BCUT2D eigenvalue weighted by atomic mass is 16.5. The number of hydrogen-bond acceptors (Lipinski definition) is 7. The minimum absolute atomic E-state index is 0.176. The maximum Gasteiger partial charge on any atom is 0.330 e. The van der Waals surface area contributed by atoms with Gasteiger partial charge < -0.3 is 35.7 Å². The van der Waals surface area contributed by atoms with E-state index in [2.05, 4.69) is 6.58 Å². The predicted octanol–water partition coefficient (Wildman–Crippen LogP) is 0.939. The molecule has 0 aromatic carbocycles. The summed E-state index contributed by atoms with van der Waals surface area (Å²) in [6, 6.07) is 0. The molecule has 8 nitrogen and oxygen atoms in total. The first kappa shape index (κ1) is 30.8. The van der Waals surface area contributed by atoms with Crippen molar-refractivity contribution in [2.24, 2.45) is 0 Å². The van der Waals surface area contributed by atoms with E-state index in [1.807, 2.05) is 20.8 Å². The SMILES string of the molecule is C=C(C)C(=O)O.CCCC(O)O.CCCC(O)O.CCCC(O)O. The van der Waals surface area contributed by atoms with E-state index in [1.165, 1.54) is 6.92 Å². The molecular formula is C16H36O8. The molecule has 0 unspecified atom stereocenters. The molecule has 0 aliphatic heterocycles. The van der Waals surface area contributed by atoms with E-state index in [1.54, 1.807) is 0 Å². The van der Waals surface area contributed by atoms with Crippen LogP contribution in [0.25, 0.3) is 0 Å². The number of carbonyl (C=O) groups is 1. The molecular weight excluding hydrogens is 320 g/mol. The summed E-state index contributed by atoms with van der Waals surface area (Å²) in [6.45, 7) is 10.3. The molecule has 0 aliphatic rings. The van der Waals surface area contributed by atoms with Crippen LogP contribution in [0.1, 0.15) is 66.2 Å². The Labute approximate surface area is 144 Å². The number of aliphatic hydroxyl groups is 6. The summed E-state index contributed by atoms with van der Waals surface area (Å²) in [5.41, 5.74) is 0.176. The number of rotatable bonds is 7. The third-order valence-corrected chi connectivity index (χ3v) is 2.01. The van der Waals surface area contributed by atoms with Gasteiger partial charge in [-0.1, -0.05) is 46.6 Å². The fraction of sp³-hybridized carbons (Fsp3) is 0.812. The number of hydrogen-bond donors (Lipinski definition) is 7. The van der Waals surface area contributed by atoms with Crippen molar-refractivity contribution in [3.05, 3.63) is 12.2 Å². The number of aliphatic hydroxyl groups excluding tert-OH is 3. The van der Waals surface area contributed by atoms with Crippen molar-refractivity contribution in [3.8, 4) is 0 Å². The molecule has 0 saturated carbocycles. The van der Waals surface area contributed by atoms with E-state index < -0.39 is 24.8 Å². The molecule has 7 N–H and O–H groups in total. The Bertz CT molecular complexity index is 229. The lowest BCUT2D eigenvalue weighted by Gasteiger charge is -1.94. The summed E-state index contributed by atoms with van der Waals surface area (Å²) in [5.74, 6) is -0.935. The smallest absolute Gasteiger partial charge is 0.330 e. The average molecular weight is 356 g/mol. The Morgan fingerprint density at radius 3 is 0.917 bits per heavy atom. The van der Waals surface area contributed by atoms with Gasteiger partial charge in [0.05, 0.1) is 0 Å². The summed E-state index contributed by atoms with van der Waals surface area (Å²) < 4.78 is 0. The van der Waals surface area contributed by atoms with Gasteiger partial charge in [0.1, 0.15) is 0 Å². The third-order valence-electron chi connectivity index (χ3n) is 2.01. The number of carboxylic acids is 1. The van der Waals surface area contributed by atoms with E-state index in [0.29, 0.717) is 19.3 Å². The van der Waals surface area contributed by atoms with Crippen LogP contribution in [0, 0.1) is 0 Å². The zero-order valence-electron chi connectivity index (χ0n) is 15.2. The molecule has 0 aromatic heterocycles. The van der Waals surface area contributed by atoms with E-state index in [4.69, 9.17) is 35.7 Å². The maximum absolute atomic E-state index is 9.60. The molecule has 148 valence electrons. The van der Waals surface area contributed by atoms with Gasteiger partial charge in [-0.25, -0.2) is 4.79 Å². The highest BCUT2D eigenvalue weighted by molar-refractivity contribution is 5.84. The van der Waals surface area contributed by atoms with Crippen LogP contribution in [0.3, 0.4) is 0 Å². The summed E-state index contributed by atoms with van der Waals surface area (Å²) in [5, 5.41) is 56.5. The largest absolute Gasteiger partial charge is 0.478 e. The summed E-state index contributed by atoms with van der Waals surface area (Å²) in [4.78, 5) is 9.60. The van der Waals surface area contributed by atoms with Crippen LogP contribution >= 0.6 is 0 Å². The minimum Gasteiger partial charge on any atom is -0.478 e. The third kappa shape index (κ3) is 58.4. The van der Waals surface area contributed by atoms with E-state index in [-0.39, 0.29) is 5.57 Å². The van der Waals surface area contributed by atoms with Gasteiger partial charge in [-0.2, -0.15) is 0 Å². The van der Waals surface area contributed by atoms with Crippen molar-refractivity contribution in [2.45, 2.75) is 85.1 Å². The van der Waals surface area contributed by atoms with Crippen LogP contribution < -0.4 is 0 Å². The molecule has 0 fully saturated rings. The second kappa shape index (κ2) is 24.2. The standard InChI is InChI=1S/C4H6O2.3C4H10O2/c1-3(2)4(5)6;3*1-2-3-4(5)6/h1H2,2H3,(H,5,6);3*4-6H,2-3H2,1H3. The molecule has 0 aromatic rings. The first-order valence-corrected chi connectivity index (χ1v) is 7.93. The molecule has 0 aliphatic carbocycles. The van der Waals surface area contributed by atoms with Gasteiger partial charge in [0.15, 0.2) is 18.9 Å². The first-order chi connectivity index (χ1) is 11.0. The Morgan fingerprint density at radius 2 is 0.917 bits per heavy atom. The molecule has 0 bridgehead atoms. The van der Waals surface area contributed by atoms with Crippen LogP contribution in [0.2, 0.25) is 0 Å². The summed E-state index contributed by atoms with van der Waals surface area (Å²) >= 11 is 0. The Kier molecular flexibility index (Phi) is 31.1. The number of aliphatic carboxylic acids is 1. The van der Waals surface area contributed by atoms with Gasteiger partial charge in [0, 0.05) is 5.57 Å². The molecule has 24 heavy (non-hydrogen) atoms. The van der Waals surface area contributed by atoms with Gasteiger partial charge in [0.2, 0.25) is 0 Å². The lowest BCUT2D eigenvalue weighted by Crippen LogP contribution is -2.01. The predicted molar refractivity (Wildman–Crippen MR) is 91.9 cm³/mol. The van der Waals surface area contributed by atoms with Crippen LogP contribution in [-0.2, 0) is 4.79 Å². The monoisotopic (exact) mass is 356 g/mol. The van der Waals surface area contributed by atoms with Crippen molar-refractivity contribution in [2.75, 3.05) is 0 Å². The van der Waals surface area contributed by atoms with Crippen molar-refractivity contribution >= 4 is 5.97 Å². The topological polar surface area (TPSA) is 159 Å². The van der Waals surface area contributed by atoms with Crippen LogP contribution in [0.4, 0.5) is 0 Å². The van der Waals surface area contributed by atoms with Crippen molar-refractivity contribution in [3.63, 3.8) is 0 Å². The van der Waals surface area contributed by atoms with Gasteiger partial charge in [-0.15, -0.1) is 0 Å². The Balaban J connectivity index is -0.000000111. The lowest BCUT2D eigenvalue weighted by molar-refractivity contribution is -0.132. The van der Waals surface area contributed by atoms with Gasteiger partial charge in [-0.3, -0.25) is 0 Å². The summed E-state index contributed by atoms with van der Waals surface area (Å²) in [6.07, 6.45) is 0.646. The Morgan fingerprint density at radius 1 is 0.750 bits per heavy atom. The van der Waals surface area contributed by atoms with Gasteiger partial charge >= 0.3 is 5.97 Å². The van der Waals surface area contributed by atoms with Gasteiger partial charge in [-0.05, 0) is 26.2 Å². The normalized spacial score (nSPS) is 9.38. The van der Waals surface area contributed by atoms with E-state index >= 15 is 0 Å². The van der Waals surface area contributed by atoms with E-state index in [0.717, 1.165) is 19.3 Å². The second-order valence-electron chi connectivity index (χ2n) is 4.89. The average Bonchev–Trinajstić information content (AvgIpc) is 2.39. The molecule has 0 radical (unpaired) electrons. The molecule has 0 spiro atoms. The number of carboxylic acid groups (broad SMARTS) is 1. The fourth-order valence-corrected chi connectivity index (χ4v) is 0.775. The molecule has 0 atom stereocenters. The van der Waals surface area contributed by atoms with Crippen molar-refractivity contribution < 1.29 is 40.5 Å². The quantitative estimate of drug-likeness (QED) is 0.262. The zero-order valence-corrected chi connectivity index (χ0v) is 15.2. The highest BCUT2D eigenvalue weighted by Gasteiger charge is 1.91. The second-order valence-corrected chi connectivity index (χ2v) is 4.89. The zero-order chi connectivity index (χ0) is 20.1.